The van der Waals surface area contributed by atoms with Crippen LogP contribution in [0.5, 0.6) is 11.5 Å². The van der Waals surface area contributed by atoms with Gasteiger partial charge in [0.05, 0.1) is 23.2 Å². The number of amides is 2. The van der Waals surface area contributed by atoms with Gasteiger partial charge >= 0.3 is 0 Å². The van der Waals surface area contributed by atoms with Crippen LogP contribution in [0.2, 0.25) is 0 Å². The summed E-state index contributed by atoms with van der Waals surface area (Å²) in [5.41, 5.74) is 2.85. The molecule has 0 saturated carbocycles. The van der Waals surface area contributed by atoms with Crippen LogP contribution in [0.15, 0.2) is 76.7 Å². The van der Waals surface area contributed by atoms with E-state index in [0.29, 0.717) is 46.2 Å². The van der Waals surface area contributed by atoms with Crippen LogP contribution in [0, 0.1) is 0 Å². The molecule has 1 aromatic heterocycles. The minimum Gasteiger partial charge on any atom is -0.454 e. The zero-order valence-electron chi connectivity index (χ0n) is 24.8. The standard InChI is InChI=1S/C33H35N5O5S/c1-3-22(2)34-30(39)20-44-33-35-27-18-29-28(42-21-43-29)17-26(27)32(41)38(33)19-23-9-11-24(12-10-23)31(40)37-15-13-36(14-16-37)25-7-5-4-6-8-25/h4-12,17-18,22H,3,13-16,19-21H2,1-2H3,(H,34,39)/t22-/m1/s1. The van der Waals surface area contributed by atoms with E-state index >= 15 is 0 Å². The molecule has 4 aromatic rings. The van der Waals surface area contributed by atoms with Crippen molar-refractivity contribution in [3.05, 3.63) is 88.2 Å². The Balaban J connectivity index is 1.20. The topological polar surface area (TPSA) is 106 Å². The number of hydrogen-bond acceptors (Lipinski definition) is 8. The zero-order chi connectivity index (χ0) is 30.6. The largest absolute Gasteiger partial charge is 0.454 e. The van der Waals surface area contributed by atoms with Crippen LogP contribution >= 0.6 is 11.8 Å². The van der Waals surface area contributed by atoms with Crippen molar-refractivity contribution >= 4 is 40.2 Å². The molecule has 0 spiro atoms. The number of aromatic nitrogens is 2. The maximum atomic E-state index is 13.8. The van der Waals surface area contributed by atoms with Gasteiger partial charge in [0, 0.05) is 49.5 Å². The average Bonchev–Trinajstić information content (AvgIpc) is 3.52. The molecular formula is C33H35N5O5S. The molecule has 0 bridgehead atoms. The number of piperazine rings is 1. The summed E-state index contributed by atoms with van der Waals surface area (Å²) in [6.45, 7) is 7.14. The molecule has 0 unspecified atom stereocenters. The predicted molar refractivity (Wildman–Crippen MR) is 171 cm³/mol. The van der Waals surface area contributed by atoms with Crippen LogP contribution in [-0.4, -0.2) is 71.0 Å². The Hall–Kier alpha value is -4.51. The molecule has 2 amide bonds. The van der Waals surface area contributed by atoms with Crippen LogP contribution < -0.4 is 25.2 Å². The fourth-order valence-corrected chi connectivity index (χ4v) is 6.12. The van der Waals surface area contributed by atoms with Crippen molar-refractivity contribution in [2.75, 3.05) is 43.6 Å². The highest BCUT2D eigenvalue weighted by Crippen LogP contribution is 2.35. The van der Waals surface area contributed by atoms with E-state index in [4.69, 9.17) is 14.5 Å². The van der Waals surface area contributed by atoms with Crippen molar-refractivity contribution < 1.29 is 19.1 Å². The Morgan fingerprint density at radius 1 is 0.977 bits per heavy atom. The molecule has 2 aliphatic heterocycles. The van der Waals surface area contributed by atoms with Gasteiger partial charge in [-0.2, -0.15) is 0 Å². The number of rotatable bonds is 9. The highest BCUT2D eigenvalue weighted by atomic mass is 32.2. The first-order valence-electron chi connectivity index (χ1n) is 14.8. The van der Waals surface area contributed by atoms with E-state index in [2.05, 4.69) is 22.3 Å². The summed E-state index contributed by atoms with van der Waals surface area (Å²) >= 11 is 1.22. The lowest BCUT2D eigenvalue weighted by molar-refractivity contribution is -0.119. The summed E-state index contributed by atoms with van der Waals surface area (Å²) in [4.78, 5) is 48.6. The molecule has 11 heteroatoms. The molecule has 10 nitrogen and oxygen atoms in total. The fraction of sp³-hybridized carbons (Fsp3) is 0.333. The average molecular weight is 614 g/mol. The van der Waals surface area contributed by atoms with E-state index < -0.39 is 0 Å². The molecule has 3 aromatic carbocycles. The summed E-state index contributed by atoms with van der Waals surface area (Å²) in [5.74, 6) is 1.03. The first kappa shape index (κ1) is 29.6. The number of nitrogens with one attached hydrogen (secondary N) is 1. The second kappa shape index (κ2) is 13.0. The van der Waals surface area contributed by atoms with Crippen molar-refractivity contribution in [3.8, 4) is 11.5 Å². The van der Waals surface area contributed by atoms with Gasteiger partial charge < -0.3 is 24.6 Å². The number of carbonyl (C=O) groups excluding carboxylic acids is 2. The normalized spacial score (nSPS) is 15.0. The van der Waals surface area contributed by atoms with Gasteiger partial charge in [0.15, 0.2) is 16.7 Å². The second-order valence-electron chi connectivity index (χ2n) is 11.0. The lowest BCUT2D eigenvalue weighted by atomic mass is 10.1. The maximum absolute atomic E-state index is 13.8. The summed E-state index contributed by atoms with van der Waals surface area (Å²) in [6, 6.07) is 21.0. The summed E-state index contributed by atoms with van der Waals surface area (Å²) in [6.07, 6.45) is 0.824. The fourth-order valence-electron chi connectivity index (χ4n) is 5.31. The first-order chi connectivity index (χ1) is 21.4. The smallest absolute Gasteiger partial charge is 0.262 e. The van der Waals surface area contributed by atoms with Gasteiger partial charge in [-0.15, -0.1) is 0 Å². The molecular weight excluding hydrogens is 578 g/mol. The van der Waals surface area contributed by atoms with Crippen LogP contribution in [-0.2, 0) is 11.3 Å². The molecule has 1 atom stereocenters. The molecule has 0 aliphatic carbocycles. The molecule has 1 fully saturated rings. The van der Waals surface area contributed by atoms with Gasteiger partial charge in [0.2, 0.25) is 12.7 Å². The SMILES string of the molecule is CC[C@@H](C)NC(=O)CSc1nc2cc3c(cc2c(=O)n1Cc1ccc(C(=O)N2CCN(c4ccccc4)CC2)cc1)OCO3. The lowest BCUT2D eigenvalue weighted by Gasteiger charge is -2.36. The number of thioether (sulfide) groups is 1. The van der Waals surface area contributed by atoms with Gasteiger partial charge in [-0.05, 0) is 49.2 Å². The van der Waals surface area contributed by atoms with Crippen LogP contribution in [0.25, 0.3) is 10.9 Å². The Morgan fingerprint density at radius 3 is 2.39 bits per heavy atom. The predicted octanol–water partition coefficient (Wildman–Crippen LogP) is 4.14. The van der Waals surface area contributed by atoms with Crippen molar-refractivity contribution in [3.63, 3.8) is 0 Å². The number of benzene rings is 3. The number of nitrogens with zero attached hydrogens (tertiary/aromatic N) is 4. The maximum Gasteiger partial charge on any atom is 0.262 e. The molecule has 1 N–H and O–H groups in total. The van der Waals surface area contributed by atoms with E-state index in [1.54, 1.807) is 16.7 Å². The Bertz CT molecular complexity index is 1720. The molecule has 6 rings (SSSR count). The third-order valence-corrected chi connectivity index (χ3v) is 8.97. The van der Waals surface area contributed by atoms with Gasteiger partial charge in [0.25, 0.3) is 11.5 Å². The van der Waals surface area contributed by atoms with Crippen LogP contribution in [0.4, 0.5) is 5.69 Å². The number of hydrogen-bond donors (Lipinski definition) is 1. The van der Waals surface area contributed by atoms with Crippen LogP contribution in [0.1, 0.15) is 36.2 Å². The minimum absolute atomic E-state index is 0.00607. The number of carbonyl (C=O) groups is 2. The third kappa shape index (κ3) is 6.37. The highest BCUT2D eigenvalue weighted by molar-refractivity contribution is 7.99. The number of para-hydroxylation sites is 1. The van der Waals surface area contributed by atoms with Crippen LogP contribution in [0.3, 0.4) is 0 Å². The monoisotopic (exact) mass is 613 g/mol. The molecule has 3 heterocycles. The van der Waals surface area contributed by atoms with Gasteiger partial charge in [0.1, 0.15) is 0 Å². The van der Waals surface area contributed by atoms with Gasteiger partial charge in [-0.25, -0.2) is 4.98 Å². The van der Waals surface area contributed by atoms with E-state index in [-0.39, 0.29) is 42.5 Å². The number of anilines is 1. The van der Waals surface area contributed by atoms with Crippen molar-refractivity contribution in [2.45, 2.75) is 38.0 Å². The minimum atomic E-state index is -0.241. The molecule has 2 aliphatic rings. The Morgan fingerprint density at radius 2 is 1.68 bits per heavy atom. The Kier molecular flexibility index (Phi) is 8.74. The second-order valence-corrected chi connectivity index (χ2v) is 11.9. The van der Waals surface area contributed by atoms with E-state index in [1.807, 2.05) is 61.2 Å². The van der Waals surface area contributed by atoms with Crippen molar-refractivity contribution in [1.82, 2.24) is 19.8 Å². The molecule has 1 saturated heterocycles. The van der Waals surface area contributed by atoms with E-state index in [9.17, 15) is 14.4 Å². The quantitative estimate of drug-likeness (QED) is 0.222. The third-order valence-electron chi connectivity index (χ3n) is 8.00. The molecule has 0 radical (unpaired) electrons. The number of ether oxygens (including phenoxy) is 2. The zero-order valence-corrected chi connectivity index (χ0v) is 25.6. The van der Waals surface area contributed by atoms with Gasteiger partial charge in [-0.3, -0.25) is 19.0 Å². The van der Waals surface area contributed by atoms with E-state index in [1.165, 1.54) is 17.4 Å². The highest BCUT2D eigenvalue weighted by Gasteiger charge is 2.23. The summed E-state index contributed by atoms with van der Waals surface area (Å²) < 4.78 is 12.6. The molecule has 44 heavy (non-hydrogen) atoms. The first-order valence-corrected chi connectivity index (χ1v) is 15.8. The molecule has 228 valence electrons. The number of fused-ring (bicyclic) bond motifs is 2. The summed E-state index contributed by atoms with van der Waals surface area (Å²) in [5, 5.41) is 3.79. The van der Waals surface area contributed by atoms with E-state index in [0.717, 1.165) is 25.1 Å². The van der Waals surface area contributed by atoms with Gasteiger partial charge in [-0.1, -0.05) is 49.0 Å². The van der Waals surface area contributed by atoms with Crippen molar-refractivity contribution in [2.24, 2.45) is 0 Å². The summed E-state index contributed by atoms with van der Waals surface area (Å²) in [7, 11) is 0. The lowest BCUT2D eigenvalue weighted by Crippen LogP contribution is -2.48. The van der Waals surface area contributed by atoms with Crippen molar-refractivity contribution in [1.29, 1.82) is 0 Å². The Labute approximate surface area is 260 Å².